The lowest BCUT2D eigenvalue weighted by Gasteiger charge is -2.08. The second-order valence-electron chi connectivity index (χ2n) is 4.18. The van der Waals surface area contributed by atoms with Crippen LogP contribution in [0.15, 0.2) is 24.3 Å². The highest BCUT2D eigenvalue weighted by molar-refractivity contribution is 6.31. The summed E-state index contributed by atoms with van der Waals surface area (Å²) in [7, 11) is 1.74. The molecule has 1 heterocycles. The van der Waals surface area contributed by atoms with Crippen LogP contribution < -0.4 is 11.1 Å². The lowest BCUT2D eigenvalue weighted by atomic mass is 10.2. The van der Waals surface area contributed by atoms with E-state index in [1.165, 1.54) is 0 Å². The van der Waals surface area contributed by atoms with Gasteiger partial charge >= 0.3 is 0 Å². The number of nitrogens with zero attached hydrogens (tertiary/aromatic N) is 2. The summed E-state index contributed by atoms with van der Waals surface area (Å²) in [6, 6.07) is 6.71. The first-order valence-electron chi connectivity index (χ1n) is 5.90. The normalized spacial score (nSPS) is 10.5. The third-order valence-electron chi connectivity index (χ3n) is 2.79. The molecule has 0 aliphatic rings. The first-order chi connectivity index (χ1) is 9.01. The van der Waals surface area contributed by atoms with Crippen LogP contribution in [-0.4, -0.2) is 15.7 Å². The molecule has 2 rings (SSSR count). The van der Waals surface area contributed by atoms with Gasteiger partial charge in [-0.3, -0.25) is 9.48 Å². The largest absolute Gasteiger partial charge is 0.397 e. The van der Waals surface area contributed by atoms with Crippen LogP contribution in [0.25, 0.3) is 0 Å². The summed E-state index contributed by atoms with van der Waals surface area (Å²) < 4.78 is 1.56. The third kappa shape index (κ3) is 2.88. The van der Waals surface area contributed by atoms with E-state index in [1.54, 1.807) is 36.0 Å². The second-order valence-corrected chi connectivity index (χ2v) is 4.62. The van der Waals surface area contributed by atoms with Gasteiger partial charge in [-0.2, -0.15) is 5.10 Å². The fourth-order valence-electron chi connectivity index (χ4n) is 1.75. The Balaban J connectivity index is 2.23. The number of halogens is 1. The molecule has 6 heteroatoms. The molecule has 0 aliphatic carbocycles. The molecule has 5 nitrogen and oxygen atoms in total. The monoisotopic (exact) mass is 278 g/mol. The summed E-state index contributed by atoms with van der Waals surface area (Å²) in [6.07, 6.45) is 0.782. The molecule has 100 valence electrons. The summed E-state index contributed by atoms with van der Waals surface area (Å²) in [5, 5.41) is 7.51. The van der Waals surface area contributed by atoms with Gasteiger partial charge in [0.15, 0.2) is 0 Å². The Labute approximate surface area is 116 Å². The molecule has 19 heavy (non-hydrogen) atoms. The maximum Gasteiger partial charge on any atom is 0.273 e. The van der Waals surface area contributed by atoms with E-state index in [0.717, 1.165) is 12.1 Å². The van der Waals surface area contributed by atoms with Crippen molar-refractivity contribution in [1.29, 1.82) is 0 Å². The first-order valence-corrected chi connectivity index (χ1v) is 6.28. The molecule has 0 aliphatic heterocycles. The van der Waals surface area contributed by atoms with E-state index in [4.69, 9.17) is 17.3 Å². The quantitative estimate of drug-likeness (QED) is 0.847. The number of nitrogens with two attached hydrogens (primary N) is 1. The summed E-state index contributed by atoms with van der Waals surface area (Å²) in [4.78, 5) is 12.1. The molecule has 0 saturated carbocycles. The highest BCUT2D eigenvalue weighted by atomic mass is 35.5. The van der Waals surface area contributed by atoms with Crippen molar-refractivity contribution in [2.45, 2.75) is 13.3 Å². The van der Waals surface area contributed by atoms with Crippen molar-refractivity contribution in [1.82, 2.24) is 9.78 Å². The van der Waals surface area contributed by atoms with Crippen molar-refractivity contribution in [3.05, 3.63) is 40.7 Å². The van der Waals surface area contributed by atoms with Crippen LogP contribution in [0.4, 0.5) is 11.4 Å². The molecule has 0 spiro atoms. The van der Waals surface area contributed by atoms with Crippen LogP contribution >= 0.6 is 11.6 Å². The predicted molar refractivity (Wildman–Crippen MR) is 76.4 cm³/mol. The Kier molecular flexibility index (Phi) is 3.76. The van der Waals surface area contributed by atoms with E-state index < -0.39 is 0 Å². The summed E-state index contributed by atoms with van der Waals surface area (Å²) in [5.74, 6) is -0.247. The molecule has 1 aromatic heterocycles. The number of aryl methyl sites for hydroxylation is 2. The topological polar surface area (TPSA) is 72.9 Å². The van der Waals surface area contributed by atoms with Crippen molar-refractivity contribution in [3.8, 4) is 0 Å². The zero-order valence-corrected chi connectivity index (χ0v) is 11.5. The van der Waals surface area contributed by atoms with Gasteiger partial charge in [0.25, 0.3) is 5.91 Å². The van der Waals surface area contributed by atoms with Gasteiger partial charge in [0.05, 0.1) is 17.1 Å². The van der Waals surface area contributed by atoms with Gasteiger partial charge in [-0.25, -0.2) is 0 Å². The lowest BCUT2D eigenvalue weighted by molar-refractivity contribution is 0.101. The van der Waals surface area contributed by atoms with Gasteiger partial charge in [-0.1, -0.05) is 18.5 Å². The molecule has 1 amide bonds. The number of carbonyl (C=O) groups excluding carboxylic acids is 1. The van der Waals surface area contributed by atoms with E-state index in [1.807, 2.05) is 6.92 Å². The minimum absolute atomic E-state index is 0.247. The van der Waals surface area contributed by atoms with Crippen LogP contribution in [0.5, 0.6) is 0 Å². The molecule has 2 aromatic rings. The fourth-order valence-corrected chi connectivity index (χ4v) is 1.93. The molecule has 0 fully saturated rings. The summed E-state index contributed by atoms with van der Waals surface area (Å²) in [5.41, 5.74) is 8.12. The highest BCUT2D eigenvalue weighted by Gasteiger charge is 2.13. The van der Waals surface area contributed by atoms with Crippen molar-refractivity contribution in [2.75, 3.05) is 11.1 Å². The number of rotatable bonds is 3. The van der Waals surface area contributed by atoms with E-state index >= 15 is 0 Å². The number of amides is 1. The molecule has 0 radical (unpaired) electrons. The second kappa shape index (κ2) is 5.32. The molecule has 0 saturated heterocycles. The average molecular weight is 279 g/mol. The van der Waals surface area contributed by atoms with Crippen molar-refractivity contribution >= 4 is 28.9 Å². The smallest absolute Gasteiger partial charge is 0.273 e. The van der Waals surface area contributed by atoms with Gasteiger partial charge in [-0.05, 0) is 30.7 Å². The maximum atomic E-state index is 12.1. The van der Waals surface area contributed by atoms with Crippen molar-refractivity contribution in [2.24, 2.45) is 7.05 Å². The number of aromatic nitrogens is 2. The minimum atomic E-state index is -0.247. The Hall–Kier alpha value is -2.01. The van der Waals surface area contributed by atoms with E-state index in [2.05, 4.69) is 10.4 Å². The van der Waals surface area contributed by atoms with Crippen molar-refractivity contribution in [3.63, 3.8) is 0 Å². The molecule has 0 bridgehead atoms. The third-order valence-corrected chi connectivity index (χ3v) is 3.02. The number of hydrogen-bond acceptors (Lipinski definition) is 3. The number of nitrogens with one attached hydrogen (secondary N) is 1. The van der Waals surface area contributed by atoms with Gasteiger partial charge in [0.1, 0.15) is 5.69 Å². The number of carbonyl (C=O) groups is 1. The Bertz CT molecular complexity index is 621. The van der Waals surface area contributed by atoms with Gasteiger partial charge in [0, 0.05) is 12.1 Å². The highest BCUT2D eigenvalue weighted by Crippen LogP contribution is 2.23. The van der Waals surface area contributed by atoms with Gasteiger partial charge < -0.3 is 11.1 Å². The molecular formula is C13H15ClN4O. The molecule has 1 aromatic carbocycles. The Morgan fingerprint density at radius 3 is 2.79 bits per heavy atom. The SMILES string of the molecule is CCc1cc(C(=O)Nc2ccc(Cl)cc2N)n(C)n1. The number of hydrogen-bond donors (Lipinski definition) is 2. The Morgan fingerprint density at radius 1 is 1.47 bits per heavy atom. The summed E-state index contributed by atoms with van der Waals surface area (Å²) >= 11 is 5.81. The molecular weight excluding hydrogens is 264 g/mol. The zero-order valence-electron chi connectivity index (χ0n) is 10.8. The molecule has 0 unspecified atom stereocenters. The lowest BCUT2D eigenvalue weighted by Crippen LogP contribution is -2.16. The minimum Gasteiger partial charge on any atom is -0.397 e. The predicted octanol–water partition coefficient (Wildman–Crippen LogP) is 2.47. The number of benzene rings is 1. The van der Waals surface area contributed by atoms with Crippen LogP contribution in [0.3, 0.4) is 0 Å². The number of anilines is 2. The van der Waals surface area contributed by atoms with E-state index in [9.17, 15) is 4.79 Å². The first kappa shape index (κ1) is 13.4. The van der Waals surface area contributed by atoms with Crippen LogP contribution in [0, 0.1) is 0 Å². The Morgan fingerprint density at radius 2 is 2.21 bits per heavy atom. The van der Waals surface area contributed by atoms with Gasteiger partial charge in [0.2, 0.25) is 0 Å². The van der Waals surface area contributed by atoms with E-state index in [0.29, 0.717) is 22.1 Å². The van der Waals surface area contributed by atoms with Crippen molar-refractivity contribution < 1.29 is 4.79 Å². The van der Waals surface area contributed by atoms with Crippen LogP contribution in [-0.2, 0) is 13.5 Å². The summed E-state index contributed by atoms with van der Waals surface area (Å²) in [6.45, 7) is 1.99. The molecule has 3 N–H and O–H groups in total. The van der Waals surface area contributed by atoms with E-state index in [-0.39, 0.29) is 5.91 Å². The van der Waals surface area contributed by atoms with Crippen LogP contribution in [0.2, 0.25) is 5.02 Å². The molecule has 0 atom stereocenters. The standard InChI is InChI=1S/C13H15ClN4O/c1-3-9-7-12(18(2)17-9)13(19)16-11-5-4-8(14)6-10(11)15/h4-7H,3,15H2,1-2H3,(H,16,19). The average Bonchev–Trinajstić information content (AvgIpc) is 2.74. The van der Waals surface area contributed by atoms with Gasteiger partial charge in [-0.15, -0.1) is 0 Å². The van der Waals surface area contributed by atoms with Crippen LogP contribution in [0.1, 0.15) is 23.1 Å². The number of nitrogen functional groups attached to an aromatic ring is 1. The zero-order chi connectivity index (χ0) is 14.0. The fraction of sp³-hybridized carbons (Fsp3) is 0.231. The maximum absolute atomic E-state index is 12.1.